The van der Waals surface area contributed by atoms with E-state index in [1.807, 2.05) is 19.9 Å². The molecule has 1 aliphatic carbocycles. The molecule has 0 saturated carbocycles. The number of ether oxygens (including phenoxy) is 3. The number of hydrogen-bond acceptors (Lipinski definition) is 7. The number of carbonyl (C=O) groups is 3. The van der Waals surface area contributed by atoms with Crippen LogP contribution in [0.15, 0.2) is 60.0 Å². The number of allylic oxidation sites excluding steroid dienone is 2. The van der Waals surface area contributed by atoms with Gasteiger partial charge in [-0.15, -0.1) is 0 Å². The van der Waals surface area contributed by atoms with Gasteiger partial charge in [0.1, 0.15) is 17.6 Å². The van der Waals surface area contributed by atoms with Gasteiger partial charge in [0, 0.05) is 24.4 Å². The van der Waals surface area contributed by atoms with Crippen molar-refractivity contribution in [1.82, 2.24) is 4.98 Å². The average Bonchev–Trinajstić information content (AvgIpc) is 2.78. The quantitative estimate of drug-likeness (QED) is 0.493. The summed E-state index contributed by atoms with van der Waals surface area (Å²) in [6.45, 7) is 3.79. The van der Waals surface area contributed by atoms with Crippen LogP contribution in [0.1, 0.15) is 51.3 Å². The lowest BCUT2D eigenvalue weighted by Crippen LogP contribution is -2.29. The first-order valence-corrected chi connectivity index (χ1v) is 9.67. The molecule has 3 rings (SSSR count). The van der Waals surface area contributed by atoms with E-state index in [9.17, 15) is 14.4 Å². The first-order valence-electron chi connectivity index (χ1n) is 9.67. The Kier molecular flexibility index (Phi) is 6.65. The molecule has 1 aromatic heterocycles. The fraction of sp³-hybridized carbons (Fsp3) is 0.250. The maximum Gasteiger partial charge on any atom is 0.340 e. The molecule has 0 spiro atoms. The summed E-state index contributed by atoms with van der Waals surface area (Å²) in [5.74, 6) is -0.974. The highest BCUT2D eigenvalue weighted by atomic mass is 16.5. The van der Waals surface area contributed by atoms with E-state index < -0.39 is 23.6 Å². The topological polar surface area (TPSA) is 91.8 Å². The van der Waals surface area contributed by atoms with Gasteiger partial charge >= 0.3 is 5.97 Å². The van der Waals surface area contributed by atoms with E-state index >= 15 is 0 Å². The van der Waals surface area contributed by atoms with Gasteiger partial charge in [0.05, 0.1) is 30.9 Å². The second kappa shape index (κ2) is 9.38. The lowest BCUT2D eigenvalue weighted by atomic mass is 9.85. The number of Topliss-reactive ketones (excluding diaryl/α,β-unsaturated/α-hetero) is 1. The monoisotopic (exact) mass is 421 g/mol. The number of ketones is 2. The molecule has 1 aromatic carbocycles. The summed E-state index contributed by atoms with van der Waals surface area (Å²) in [4.78, 5) is 43.0. The molecule has 160 valence electrons. The van der Waals surface area contributed by atoms with Crippen LogP contribution in [0.5, 0.6) is 11.5 Å². The van der Waals surface area contributed by atoms with Crippen molar-refractivity contribution in [3.8, 4) is 11.5 Å². The number of fused-ring (bicyclic) bond motifs is 1. The minimum absolute atomic E-state index is 0.0822. The van der Waals surface area contributed by atoms with Gasteiger partial charge in [-0.05, 0) is 44.2 Å². The highest BCUT2D eigenvalue weighted by molar-refractivity contribution is 6.27. The van der Waals surface area contributed by atoms with Crippen LogP contribution in [0.4, 0.5) is 0 Å². The Morgan fingerprint density at radius 2 is 1.74 bits per heavy atom. The number of aromatic nitrogens is 1. The number of esters is 1. The molecule has 1 atom stereocenters. The Bertz CT molecular complexity index is 1080. The van der Waals surface area contributed by atoms with Gasteiger partial charge < -0.3 is 14.2 Å². The zero-order chi connectivity index (χ0) is 22.5. The van der Waals surface area contributed by atoms with Crippen LogP contribution >= 0.6 is 0 Å². The Balaban J connectivity index is 2.04. The van der Waals surface area contributed by atoms with Crippen molar-refractivity contribution >= 4 is 17.5 Å². The molecule has 31 heavy (non-hydrogen) atoms. The highest BCUT2D eigenvalue weighted by Crippen LogP contribution is 2.37. The van der Waals surface area contributed by atoms with Crippen LogP contribution in [0, 0.1) is 0 Å². The SMILES string of the molecule is COc1ccc(OC)c2c1C(=O)C=C([C@@H](CC=C(C)C)OC(=O)c1cccnc1)C2=O. The molecule has 0 bridgehead atoms. The smallest absolute Gasteiger partial charge is 0.340 e. The largest absolute Gasteiger partial charge is 0.496 e. The van der Waals surface area contributed by atoms with Gasteiger partial charge in [-0.2, -0.15) is 0 Å². The van der Waals surface area contributed by atoms with E-state index in [2.05, 4.69) is 4.98 Å². The summed E-state index contributed by atoms with van der Waals surface area (Å²) in [5, 5.41) is 0. The van der Waals surface area contributed by atoms with E-state index in [1.165, 1.54) is 26.5 Å². The second-order valence-corrected chi connectivity index (χ2v) is 7.17. The average molecular weight is 421 g/mol. The summed E-state index contributed by atoms with van der Waals surface area (Å²) in [6, 6.07) is 6.33. The van der Waals surface area contributed by atoms with Crippen LogP contribution < -0.4 is 9.47 Å². The van der Waals surface area contributed by atoms with Crippen molar-refractivity contribution in [2.45, 2.75) is 26.4 Å². The number of pyridine rings is 1. The Morgan fingerprint density at radius 3 is 2.32 bits per heavy atom. The van der Waals surface area contributed by atoms with Gasteiger partial charge in [0.15, 0.2) is 11.6 Å². The first kappa shape index (κ1) is 22.0. The Hall–Kier alpha value is -3.74. The van der Waals surface area contributed by atoms with E-state index in [0.717, 1.165) is 5.57 Å². The summed E-state index contributed by atoms with van der Waals surface area (Å²) >= 11 is 0. The fourth-order valence-corrected chi connectivity index (χ4v) is 3.30. The molecule has 0 N–H and O–H groups in total. The number of carbonyl (C=O) groups excluding carboxylic acids is 3. The number of methoxy groups -OCH3 is 2. The number of rotatable bonds is 7. The van der Waals surface area contributed by atoms with E-state index in [1.54, 1.807) is 30.5 Å². The minimum atomic E-state index is -0.955. The molecule has 0 fully saturated rings. The van der Waals surface area contributed by atoms with Crippen LogP contribution in [-0.4, -0.2) is 42.8 Å². The van der Waals surface area contributed by atoms with Gasteiger partial charge in [-0.3, -0.25) is 14.6 Å². The molecule has 0 saturated heterocycles. The van der Waals surface area contributed by atoms with Crippen LogP contribution in [0.25, 0.3) is 0 Å². The van der Waals surface area contributed by atoms with Gasteiger partial charge in [0.2, 0.25) is 0 Å². The van der Waals surface area contributed by atoms with Crippen molar-refractivity contribution in [3.05, 3.63) is 76.6 Å². The van der Waals surface area contributed by atoms with Gasteiger partial charge in [-0.25, -0.2) is 4.79 Å². The second-order valence-electron chi connectivity index (χ2n) is 7.17. The predicted molar refractivity (Wildman–Crippen MR) is 114 cm³/mol. The molecule has 7 heteroatoms. The summed E-state index contributed by atoms with van der Waals surface area (Å²) < 4.78 is 16.2. The van der Waals surface area contributed by atoms with Gasteiger partial charge in [-0.1, -0.05) is 11.6 Å². The zero-order valence-corrected chi connectivity index (χ0v) is 17.8. The van der Waals surface area contributed by atoms with Crippen molar-refractivity contribution < 1.29 is 28.6 Å². The van der Waals surface area contributed by atoms with E-state index in [4.69, 9.17) is 14.2 Å². The number of hydrogen-bond donors (Lipinski definition) is 0. The predicted octanol–water partition coefficient (Wildman–Crippen LogP) is 3.99. The fourth-order valence-electron chi connectivity index (χ4n) is 3.30. The van der Waals surface area contributed by atoms with Crippen molar-refractivity contribution in [2.24, 2.45) is 0 Å². The molecular formula is C24H23NO6. The third kappa shape index (κ3) is 4.55. The molecule has 7 nitrogen and oxygen atoms in total. The maximum atomic E-state index is 13.4. The van der Waals surface area contributed by atoms with E-state index in [0.29, 0.717) is 0 Å². The third-order valence-corrected chi connectivity index (χ3v) is 4.82. The number of nitrogens with zero attached hydrogens (tertiary/aromatic N) is 1. The summed E-state index contributed by atoms with van der Waals surface area (Å²) in [7, 11) is 2.84. The highest BCUT2D eigenvalue weighted by Gasteiger charge is 2.36. The van der Waals surface area contributed by atoms with Crippen molar-refractivity contribution in [1.29, 1.82) is 0 Å². The van der Waals surface area contributed by atoms with E-state index in [-0.39, 0.29) is 40.2 Å². The molecule has 1 heterocycles. The molecule has 1 aliphatic rings. The van der Waals surface area contributed by atoms with Gasteiger partial charge in [0.25, 0.3) is 0 Å². The first-order chi connectivity index (χ1) is 14.9. The lowest BCUT2D eigenvalue weighted by molar-refractivity contribution is 0.0372. The number of benzene rings is 1. The molecule has 0 amide bonds. The van der Waals surface area contributed by atoms with Crippen molar-refractivity contribution in [3.63, 3.8) is 0 Å². The zero-order valence-electron chi connectivity index (χ0n) is 17.8. The molecular weight excluding hydrogens is 398 g/mol. The lowest BCUT2D eigenvalue weighted by Gasteiger charge is -2.24. The molecule has 0 radical (unpaired) electrons. The minimum Gasteiger partial charge on any atom is -0.496 e. The summed E-state index contributed by atoms with van der Waals surface area (Å²) in [6.07, 6.45) is 5.26. The molecule has 0 unspecified atom stereocenters. The molecule has 0 aliphatic heterocycles. The maximum absolute atomic E-state index is 13.4. The van der Waals surface area contributed by atoms with Crippen LogP contribution in [0.2, 0.25) is 0 Å². The van der Waals surface area contributed by atoms with Crippen LogP contribution in [-0.2, 0) is 4.74 Å². The standard InChI is InChI=1S/C24H23NO6/c1-14(2)7-8-18(31-24(28)15-6-5-11-25-13-15)16-12-17(26)21-19(29-3)9-10-20(30-4)22(21)23(16)27/h5-7,9-13,18H,8H2,1-4H3/t18-/m1/s1. The summed E-state index contributed by atoms with van der Waals surface area (Å²) in [5.41, 5.74) is 1.55. The Labute approximate surface area is 180 Å². The van der Waals surface area contributed by atoms with Crippen molar-refractivity contribution in [2.75, 3.05) is 14.2 Å². The normalized spacial score (nSPS) is 13.6. The Morgan fingerprint density at radius 1 is 1.06 bits per heavy atom. The molecule has 2 aromatic rings. The van der Waals surface area contributed by atoms with Crippen LogP contribution in [0.3, 0.4) is 0 Å². The third-order valence-electron chi connectivity index (χ3n) is 4.82.